The summed E-state index contributed by atoms with van der Waals surface area (Å²) in [4.78, 5) is 26.2. The Balaban J connectivity index is 1.80. The van der Waals surface area contributed by atoms with Crippen LogP contribution in [0.25, 0.3) is 0 Å². The summed E-state index contributed by atoms with van der Waals surface area (Å²) in [5.74, 6) is -2.32. The number of alkyl halides is 3. The van der Waals surface area contributed by atoms with Crippen LogP contribution < -0.4 is 16.2 Å². The van der Waals surface area contributed by atoms with Gasteiger partial charge in [-0.2, -0.15) is 13.2 Å². The Morgan fingerprint density at radius 1 is 0.966 bits per heavy atom. The molecule has 0 aliphatic heterocycles. The van der Waals surface area contributed by atoms with E-state index in [4.69, 9.17) is 0 Å². The van der Waals surface area contributed by atoms with Crippen molar-refractivity contribution in [1.82, 2.24) is 4.98 Å². The zero-order chi connectivity index (χ0) is 21.0. The van der Waals surface area contributed by atoms with E-state index >= 15 is 0 Å². The van der Waals surface area contributed by atoms with E-state index in [1.807, 2.05) is 0 Å². The summed E-state index contributed by atoms with van der Waals surface area (Å²) in [7, 11) is 0. The summed E-state index contributed by atoms with van der Waals surface area (Å²) in [5.41, 5.74) is -1.03. The van der Waals surface area contributed by atoms with Crippen LogP contribution in [-0.2, 0) is 12.7 Å². The minimum atomic E-state index is -4.87. The summed E-state index contributed by atoms with van der Waals surface area (Å²) < 4.78 is 52.7. The van der Waals surface area contributed by atoms with Crippen LogP contribution in [0, 0.1) is 5.82 Å². The lowest BCUT2D eigenvalue weighted by Crippen LogP contribution is -2.17. The van der Waals surface area contributed by atoms with Crippen molar-refractivity contribution in [3.8, 4) is 0 Å². The molecule has 0 atom stereocenters. The number of pyridine rings is 1. The van der Waals surface area contributed by atoms with Gasteiger partial charge in [0.05, 0.1) is 16.8 Å². The van der Waals surface area contributed by atoms with Crippen molar-refractivity contribution in [3.05, 3.63) is 93.7 Å². The number of halogens is 4. The molecule has 3 N–H and O–H groups in total. The highest BCUT2D eigenvalue weighted by molar-refractivity contribution is 6.08. The molecule has 1 aromatic heterocycles. The fourth-order valence-corrected chi connectivity index (χ4v) is 2.62. The van der Waals surface area contributed by atoms with E-state index in [0.717, 1.165) is 17.7 Å². The summed E-state index contributed by atoms with van der Waals surface area (Å²) in [6, 6.07) is 11.9. The van der Waals surface area contributed by atoms with Crippen molar-refractivity contribution in [2.75, 3.05) is 10.6 Å². The average molecular weight is 405 g/mol. The Morgan fingerprint density at radius 2 is 1.69 bits per heavy atom. The number of anilines is 2. The van der Waals surface area contributed by atoms with E-state index in [-0.39, 0.29) is 17.7 Å². The van der Waals surface area contributed by atoms with Gasteiger partial charge in [0.2, 0.25) is 5.56 Å². The zero-order valence-corrected chi connectivity index (χ0v) is 14.8. The number of carbonyl (C=O) groups excluding carboxylic acids is 1. The molecule has 0 aliphatic rings. The van der Waals surface area contributed by atoms with E-state index in [1.165, 1.54) is 18.3 Å². The second-order valence-electron chi connectivity index (χ2n) is 6.08. The molecule has 3 aromatic rings. The first-order valence-corrected chi connectivity index (χ1v) is 8.43. The van der Waals surface area contributed by atoms with Crippen LogP contribution in [0.1, 0.15) is 21.5 Å². The van der Waals surface area contributed by atoms with Gasteiger partial charge >= 0.3 is 6.18 Å². The van der Waals surface area contributed by atoms with Gasteiger partial charge < -0.3 is 15.6 Å². The molecule has 0 saturated heterocycles. The first-order valence-electron chi connectivity index (χ1n) is 8.43. The van der Waals surface area contributed by atoms with Crippen LogP contribution in [0.4, 0.5) is 28.9 Å². The Kier molecular flexibility index (Phi) is 5.67. The lowest BCUT2D eigenvalue weighted by atomic mass is 10.1. The first-order chi connectivity index (χ1) is 13.8. The van der Waals surface area contributed by atoms with Crippen LogP contribution in [0.15, 0.2) is 65.6 Å². The highest BCUT2D eigenvalue weighted by Gasteiger charge is 2.35. The number of H-pyrrole nitrogens is 1. The molecule has 0 bridgehead atoms. The van der Waals surface area contributed by atoms with Gasteiger partial charge in [-0.15, -0.1) is 0 Å². The Bertz CT molecular complexity index is 1070. The molecule has 29 heavy (non-hydrogen) atoms. The predicted octanol–water partition coefficient (Wildman–Crippen LogP) is 4.40. The molecule has 0 spiro atoms. The number of carbonyl (C=O) groups is 1. The number of aromatic nitrogens is 1. The van der Waals surface area contributed by atoms with Crippen LogP contribution >= 0.6 is 0 Å². The van der Waals surface area contributed by atoms with Gasteiger partial charge in [-0.25, -0.2) is 4.39 Å². The molecule has 0 radical (unpaired) electrons. The molecular formula is C20H15F4N3O2. The topological polar surface area (TPSA) is 74.0 Å². The number of para-hydroxylation sites is 1. The maximum atomic E-state index is 14.2. The fourth-order valence-electron chi connectivity index (χ4n) is 2.62. The van der Waals surface area contributed by atoms with Crippen molar-refractivity contribution >= 4 is 17.3 Å². The van der Waals surface area contributed by atoms with Gasteiger partial charge in [-0.1, -0.05) is 24.3 Å². The van der Waals surface area contributed by atoms with Crippen molar-refractivity contribution in [2.45, 2.75) is 12.7 Å². The quantitative estimate of drug-likeness (QED) is 0.551. The number of benzene rings is 2. The van der Waals surface area contributed by atoms with Gasteiger partial charge in [-0.3, -0.25) is 9.59 Å². The maximum absolute atomic E-state index is 14.2. The molecular weight excluding hydrogens is 390 g/mol. The third kappa shape index (κ3) is 4.81. The number of hydrogen-bond donors (Lipinski definition) is 3. The van der Waals surface area contributed by atoms with Crippen LogP contribution in [-0.4, -0.2) is 10.9 Å². The highest BCUT2D eigenvalue weighted by atomic mass is 19.4. The van der Waals surface area contributed by atoms with E-state index in [2.05, 4.69) is 15.6 Å². The number of nitrogens with one attached hydrogen (secondary N) is 3. The van der Waals surface area contributed by atoms with Crippen molar-refractivity contribution in [1.29, 1.82) is 0 Å². The second-order valence-corrected chi connectivity index (χ2v) is 6.08. The van der Waals surface area contributed by atoms with Crippen LogP contribution in [0.5, 0.6) is 0 Å². The van der Waals surface area contributed by atoms with Gasteiger partial charge in [0.25, 0.3) is 5.91 Å². The van der Waals surface area contributed by atoms with E-state index < -0.39 is 29.2 Å². The van der Waals surface area contributed by atoms with Gasteiger partial charge in [0, 0.05) is 24.5 Å². The molecule has 0 fully saturated rings. The van der Waals surface area contributed by atoms with E-state index in [0.29, 0.717) is 11.8 Å². The minimum absolute atomic E-state index is 0.119. The predicted molar refractivity (Wildman–Crippen MR) is 100 cm³/mol. The SMILES string of the molecule is O=C(Nc1cccc(C(F)(F)F)c1F)c1ccccc1NCc1ccc(=O)[nH]c1. The molecule has 1 amide bonds. The molecule has 3 rings (SSSR count). The molecule has 0 aliphatic carbocycles. The monoisotopic (exact) mass is 405 g/mol. The summed E-state index contributed by atoms with van der Waals surface area (Å²) >= 11 is 0. The first kappa shape index (κ1) is 20.1. The lowest BCUT2D eigenvalue weighted by molar-refractivity contribution is -0.139. The third-order valence-electron chi connectivity index (χ3n) is 4.06. The molecule has 5 nitrogen and oxygen atoms in total. The van der Waals surface area contributed by atoms with Crippen molar-refractivity contribution in [2.24, 2.45) is 0 Å². The normalized spacial score (nSPS) is 11.2. The van der Waals surface area contributed by atoms with Gasteiger partial charge in [-0.05, 0) is 29.8 Å². The zero-order valence-electron chi connectivity index (χ0n) is 14.8. The second kappa shape index (κ2) is 8.17. The molecule has 2 aromatic carbocycles. The minimum Gasteiger partial charge on any atom is -0.380 e. The summed E-state index contributed by atoms with van der Waals surface area (Å²) in [5, 5.41) is 5.19. The smallest absolute Gasteiger partial charge is 0.380 e. The Morgan fingerprint density at radius 3 is 2.38 bits per heavy atom. The number of amides is 1. The van der Waals surface area contributed by atoms with Crippen LogP contribution in [0.3, 0.4) is 0 Å². The fraction of sp³-hybridized carbons (Fsp3) is 0.100. The third-order valence-corrected chi connectivity index (χ3v) is 4.06. The van der Waals surface area contributed by atoms with E-state index in [1.54, 1.807) is 24.3 Å². The molecule has 0 unspecified atom stereocenters. The van der Waals surface area contributed by atoms with Gasteiger partial charge in [0.1, 0.15) is 0 Å². The van der Waals surface area contributed by atoms with E-state index in [9.17, 15) is 27.2 Å². The number of aromatic amines is 1. The molecule has 0 saturated carbocycles. The van der Waals surface area contributed by atoms with Gasteiger partial charge in [0.15, 0.2) is 5.82 Å². The van der Waals surface area contributed by atoms with Crippen LogP contribution in [0.2, 0.25) is 0 Å². The highest BCUT2D eigenvalue weighted by Crippen LogP contribution is 2.34. The molecule has 150 valence electrons. The summed E-state index contributed by atoms with van der Waals surface area (Å²) in [6.07, 6.45) is -3.36. The average Bonchev–Trinajstić information content (AvgIpc) is 2.68. The molecule has 1 heterocycles. The largest absolute Gasteiger partial charge is 0.419 e. The number of rotatable bonds is 5. The Hall–Kier alpha value is -3.62. The lowest BCUT2D eigenvalue weighted by Gasteiger charge is -2.14. The van der Waals surface area contributed by atoms with Crippen molar-refractivity contribution < 1.29 is 22.4 Å². The molecule has 9 heteroatoms. The number of hydrogen-bond acceptors (Lipinski definition) is 3. The maximum Gasteiger partial charge on any atom is 0.419 e. The summed E-state index contributed by atoms with van der Waals surface area (Å²) in [6.45, 7) is 0.277. The Labute approximate surface area is 162 Å². The van der Waals surface area contributed by atoms with Crippen molar-refractivity contribution in [3.63, 3.8) is 0 Å². The standard InChI is InChI=1S/C20H15F4N3O2/c21-18-14(20(22,23)24)5-3-7-16(18)27-19(29)13-4-1-2-6-15(13)25-10-12-8-9-17(28)26-11-12/h1-9,11,25H,10H2,(H,26,28)(H,27,29).